The van der Waals surface area contributed by atoms with Gasteiger partial charge in [-0.15, -0.1) is 0 Å². The molecule has 0 radical (unpaired) electrons. The van der Waals surface area contributed by atoms with Crippen LogP contribution in [0.25, 0.3) is 11.2 Å². The van der Waals surface area contributed by atoms with Crippen molar-refractivity contribution in [3.05, 3.63) is 12.7 Å². The second kappa shape index (κ2) is 8.45. The Kier molecular flexibility index (Phi) is 6.31. The second-order valence-electron chi connectivity index (χ2n) is 6.21. The standard InChI is InChI=1S/C16H26N6O/c1-4-5-6-12(22-13(23)7-11(2)3)8-17-15-14-16(19-9-18-14)21-10-20-15/h9-12H,4-8H2,1-3H3,(H,22,23)(H2,17,18,19,20,21). The lowest BCUT2D eigenvalue weighted by Crippen LogP contribution is -2.40. The molecule has 3 N–H and O–H groups in total. The minimum atomic E-state index is 0.0918. The number of nitrogens with one attached hydrogen (secondary N) is 3. The van der Waals surface area contributed by atoms with E-state index in [-0.39, 0.29) is 11.9 Å². The summed E-state index contributed by atoms with van der Waals surface area (Å²) < 4.78 is 0. The maximum absolute atomic E-state index is 12.0. The van der Waals surface area contributed by atoms with E-state index in [9.17, 15) is 4.79 Å². The molecule has 0 aliphatic rings. The summed E-state index contributed by atoms with van der Waals surface area (Å²) in [5.41, 5.74) is 1.42. The first kappa shape index (κ1) is 17.2. The molecule has 0 aliphatic heterocycles. The largest absolute Gasteiger partial charge is 0.366 e. The molecule has 0 aromatic carbocycles. The minimum absolute atomic E-state index is 0.0918. The lowest BCUT2D eigenvalue weighted by Gasteiger charge is -2.20. The summed E-state index contributed by atoms with van der Waals surface area (Å²) in [5.74, 6) is 1.19. The number of nitrogens with zero attached hydrogens (tertiary/aromatic N) is 3. The quantitative estimate of drug-likeness (QED) is 0.660. The Bertz CT molecular complexity index is 624. The van der Waals surface area contributed by atoms with Crippen molar-refractivity contribution in [2.24, 2.45) is 5.92 Å². The predicted molar refractivity (Wildman–Crippen MR) is 91.1 cm³/mol. The highest BCUT2D eigenvalue weighted by Crippen LogP contribution is 2.14. The molecule has 1 amide bonds. The molecule has 126 valence electrons. The van der Waals surface area contributed by atoms with E-state index in [1.807, 2.05) is 0 Å². The van der Waals surface area contributed by atoms with Crippen molar-refractivity contribution in [1.29, 1.82) is 0 Å². The van der Waals surface area contributed by atoms with Gasteiger partial charge in [0.2, 0.25) is 5.91 Å². The number of hydrogen-bond donors (Lipinski definition) is 3. The molecule has 0 fully saturated rings. The van der Waals surface area contributed by atoms with Gasteiger partial charge in [-0.05, 0) is 12.3 Å². The van der Waals surface area contributed by atoms with Crippen molar-refractivity contribution in [1.82, 2.24) is 25.3 Å². The average molecular weight is 318 g/mol. The third-order valence-electron chi connectivity index (χ3n) is 3.60. The SMILES string of the molecule is CCCCC(CNc1ncnc2nc[nH]c12)NC(=O)CC(C)C. The monoisotopic (exact) mass is 318 g/mol. The van der Waals surface area contributed by atoms with E-state index in [2.05, 4.69) is 51.3 Å². The maximum atomic E-state index is 12.0. The second-order valence-corrected chi connectivity index (χ2v) is 6.21. The first-order valence-electron chi connectivity index (χ1n) is 8.27. The molecule has 2 heterocycles. The van der Waals surface area contributed by atoms with Crippen LogP contribution in [0.2, 0.25) is 0 Å². The number of aromatic nitrogens is 4. The number of amides is 1. The topological polar surface area (TPSA) is 95.6 Å². The van der Waals surface area contributed by atoms with Crippen molar-refractivity contribution < 1.29 is 4.79 Å². The number of aromatic amines is 1. The summed E-state index contributed by atoms with van der Waals surface area (Å²) in [6.07, 6.45) is 6.78. The number of hydrogen-bond acceptors (Lipinski definition) is 5. The van der Waals surface area contributed by atoms with Crippen molar-refractivity contribution in [3.63, 3.8) is 0 Å². The molecule has 7 heteroatoms. The van der Waals surface area contributed by atoms with Gasteiger partial charge in [0, 0.05) is 19.0 Å². The van der Waals surface area contributed by atoms with Crippen LogP contribution in [0.1, 0.15) is 46.5 Å². The van der Waals surface area contributed by atoms with E-state index in [1.54, 1.807) is 6.33 Å². The van der Waals surface area contributed by atoms with Crippen LogP contribution in [0.4, 0.5) is 5.82 Å². The molecule has 0 aliphatic carbocycles. The van der Waals surface area contributed by atoms with Crippen LogP contribution in [0, 0.1) is 5.92 Å². The highest BCUT2D eigenvalue weighted by atomic mass is 16.1. The van der Waals surface area contributed by atoms with Crippen molar-refractivity contribution in [2.45, 2.75) is 52.5 Å². The fourth-order valence-electron chi connectivity index (χ4n) is 2.45. The zero-order chi connectivity index (χ0) is 16.7. The molecular formula is C16H26N6O. The van der Waals surface area contributed by atoms with E-state index in [4.69, 9.17) is 0 Å². The van der Waals surface area contributed by atoms with E-state index in [0.717, 1.165) is 24.8 Å². The Morgan fingerprint density at radius 1 is 1.30 bits per heavy atom. The summed E-state index contributed by atoms with van der Waals surface area (Å²) in [7, 11) is 0. The van der Waals surface area contributed by atoms with E-state index >= 15 is 0 Å². The van der Waals surface area contributed by atoms with Crippen molar-refractivity contribution >= 4 is 22.9 Å². The molecule has 1 unspecified atom stereocenters. The molecule has 23 heavy (non-hydrogen) atoms. The Morgan fingerprint density at radius 2 is 2.13 bits per heavy atom. The predicted octanol–water partition coefficient (Wildman–Crippen LogP) is 2.49. The number of imidazole rings is 1. The van der Waals surface area contributed by atoms with Gasteiger partial charge < -0.3 is 15.6 Å². The lowest BCUT2D eigenvalue weighted by molar-refractivity contribution is -0.122. The van der Waals surface area contributed by atoms with Gasteiger partial charge in [-0.3, -0.25) is 4.79 Å². The zero-order valence-electron chi connectivity index (χ0n) is 14.1. The highest BCUT2D eigenvalue weighted by Gasteiger charge is 2.14. The molecule has 2 aromatic heterocycles. The summed E-state index contributed by atoms with van der Waals surface area (Å²) in [6, 6.07) is 0.0918. The summed E-state index contributed by atoms with van der Waals surface area (Å²) >= 11 is 0. The number of carbonyl (C=O) groups excluding carboxylic acids is 1. The molecule has 0 saturated heterocycles. The van der Waals surface area contributed by atoms with Crippen molar-refractivity contribution in [2.75, 3.05) is 11.9 Å². The molecular weight excluding hydrogens is 292 g/mol. The molecule has 0 bridgehead atoms. The minimum Gasteiger partial charge on any atom is -0.366 e. The van der Waals surface area contributed by atoms with Gasteiger partial charge >= 0.3 is 0 Å². The van der Waals surface area contributed by atoms with E-state index < -0.39 is 0 Å². The normalized spacial score (nSPS) is 12.5. The van der Waals surface area contributed by atoms with Gasteiger partial charge in [0.05, 0.1) is 6.33 Å². The van der Waals surface area contributed by atoms with Gasteiger partial charge in [0.1, 0.15) is 11.8 Å². The number of carbonyl (C=O) groups is 1. The fourth-order valence-corrected chi connectivity index (χ4v) is 2.45. The van der Waals surface area contributed by atoms with Crippen molar-refractivity contribution in [3.8, 4) is 0 Å². The molecule has 7 nitrogen and oxygen atoms in total. The van der Waals surface area contributed by atoms with Gasteiger partial charge in [0.15, 0.2) is 11.5 Å². The number of H-pyrrole nitrogens is 1. The zero-order valence-corrected chi connectivity index (χ0v) is 14.1. The van der Waals surface area contributed by atoms with Gasteiger partial charge in [-0.1, -0.05) is 33.6 Å². The van der Waals surface area contributed by atoms with Gasteiger partial charge in [0.25, 0.3) is 0 Å². The van der Waals surface area contributed by atoms with Crippen LogP contribution < -0.4 is 10.6 Å². The summed E-state index contributed by atoms with van der Waals surface area (Å²) in [6.45, 7) is 6.89. The molecule has 2 aromatic rings. The Morgan fingerprint density at radius 3 is 2.87 bits per heavy atom. The summed E-state index contributed by atoms with van der Waals surface area (Å²) in [4.78, 5) is 27.5. The smallest absolute Gasteiger partial charge is 0.220 e. The van der Waals surface area contributed by atoms with Crippen LogP contribution in [-0.4, -0.2) is 38.4 Å². The van der Waals surface area contributed by atoms with Gasteiger partial charge in [-0.2, -0.15) is 0 Å². The number of unbranched alkanes of at least 4 members (excludes halogenated alkanes) is 1. The lowest BCUT2D eigenvalue weighted by atomic mass is 10.1. The third-order valence-corrected chi connectivity index (χ3v) is 3.60. The van der Waals surface area contributed by atoms with E-state index in [0.29, 0.717) is 30.3 Å². The Balaban J connectivity index is 1.97. The fraction of sp³-hybridized carbons (Fsp3) is 0.625. The molecule has 0 spiro atoms. The van der Waals surface area contributed by atoms with Crippen LogP contribution in [0.15, 0.2) is 12.7 Å². The summed E-state index contributed by atoms with van der Waals surface area (Å²) in [5, 5.41) is 6.43. The molecule has 0 saturated carbocycles. The molecule has 1 atom stereocenters. The first-order chi connectivity index (χ1) is 11.1. The van der Waals surface area contributed by atoms with Crippen LogP contribution in [0.3, 0.4) is 0 Å². The number of rotatable bonds is 9. The molecule has 2 rings (SSSR count). The first-order valence-corrected chi connectivity index (χ1v) is 8.27. The Hall–Kier alpha value is -2.18. The van der Waals surface area contributed by atoms with Crippen LogP contribution in [-0.2, 0) is 4.79 Å². The van der Waals surface area contributed by atoms with E-state index in [1.165, 1.54) is 6.33 Å². The van der Waals surface area contributed by atoms with Crippen LogP contribution >= 0.6 is 0 Å². The number of fused-ring (bicyclic) bond motifs is 1. The van der Waals surface area contributed by atoms with Crippen LogP contribution in [0.5, 0.6) is 0 Å². The van der Waals surface area contributed by atoms with Gasteiger partial charge in [-0.25, -0.2) is 15.0 Å². The maximum Gasteiger partial charge on any atom is 0.220 e. The average Bonchev–Trinajstić information content (AvgIpc) is 2.98. The third kappa shape index (κ3) is 5.19. The Labute approximate surface area is 136 Å². The highest BCUT2D eigenvalue weighted by molar-refractivity contribution is 5.82. The number of anilines is 1.